The molecule has 0 saturated carbocycles. The van der Waals surface area contributed by atoms with E-state index in [9.17, 15) is 23.3 Å². The lowest BCUT2D eigenvalue weighted by atomic mass is 10.1. The van der Waals surface area contributed by atoms with Gasteiger partial charge in [0, 0.05) is 25.2 Å². The van der Waals surface area contributed by atoms with Crippen LogP contribution in [0.3, 0.4) is 0 Å². The van der Waals surface area contributed by atoms with Crippen LogP contribution in [-0.2, 0) is 14.8 Å². The summed E-state index contributed by atoms with van der Waals surface area (Å²) in [6.45, 7) is 7.07. The molecule has 28 heavy (non-hydrogen) atoms. The molecule has 9 nitrogen and oxygen atoms in total. The maximum absolute atomic E-state index is 13.3. The summed E-state index contributed by atoms with van der Waals surface area (Å²) in [6, 6.07) is 3.70. The number of alkyl carbamates (subject to hydrolysis) is 1. The van der Waals surface area contributed by atoms with Crippen LogP contribution in [0.4, 0.5) is 10.5 Å². The molecule has 1 N–H and O–H groups in total. The monoisotopic (exact) mass is 413 g/mol. The van der Waals surface area contributed by atoms with E-state index >= 15 is 0 Å². The van der Waals surface area contributed by atoms with Gasteiger partial charge in [-0.1, -0.05) is 18.6 Å². The Morgan fingerprint density at radius 2 is 2.04 bits per heavy atom. The maximum Gasteiger partial charge on any atom is 0.407 e. The minimum atomic E-state index is -4.10. The third-order valence-corrected chi connectivity index (χ3v) is 6.55. The van der Waals surface area contributed by atoms with Crippen molar-refractivity contribution in [3.63, 3.8) is 0 Å². The van der Waals surface area contributed by atoms with Crippen LogP contribution in [0.25, 0.3) is 0 Å². The Bertz CT molecular complexity index is 847. The van der Waals surface area contributed by atoms with Crippen molar-refractivity contribution in [1.82, 2.24) is 9.62 Å². The highest BCUT2D eigenvalue weighted by molar-refractivity contribution is 7.89. The summed E-state index contributed by atoms with van der Waals surface area (Å²) in [5.74, 6) is 0. The molecule has 1 amide bonds. The summed E-state index contributed by atoms with van der Waals surface area (Å²) in [5.41, 5.74) is -0.785. The number of benzene rings is 1. The zero-order valence-corrected chi connectivity index (χ0v) is 17.4. The minimum absolute atomic E-state index is 0.0772. The predicted octanol–water partition coefficient (Wildman–Crippen LogP) is 2.97. The fraction of sp³-hybridized carbons (Fsp3) is 0.611. The first-order valence-corrected chi connectivity index (χ1v) is 10.6. The largest absolute Gasteiger partial charge is 0.444 e. The lowest BCUT2D eigenvalue weighted by Crippen LogP contribution is -2.50. The molecule has 156 valence electrons. The number of nitro benzene ring substituents is 1. The van der Waals surface area contributed by atoms with Crippen molar-refractivity contribution in [2.24, 2.45) is 0 Å². The number of sulfonamides is 1. The quantitative estimate of drug-likeness (QED) is 0.585. The number of nitro groups is 1. The van der Waals surface area contributed by atoms with Crippen molar-refractivity contribution >= 4 is 21.8 Å². The molecule has 0 aromatic heterocycles. The van der Waals surface area contributed by atoms with Gasteiger partial charge in [-0.05, 0) is 46.1 Å². The number of carbonyl (C=O) groups is 1. The van der Waals surface area contributed by atoms with Crippen molar-refractivity contribution < 1.29 is 22.9 Å². The van der Waals surface area contributed by atoms with Crippen molar-refractivity contribution in [2.45, 2.75) is 63.5 Å². The van der Waals surface area contributed by atoms with Gasteiger partial charge >= 0.3 is 6.09 Å². The van der Waals surface area contributed by atoms with Crippen LogP contribution >= 0.6 is 0 Å². The van der Waals surface area contributed by atoms with Crippen molar-refractivity contribution in [1.29, 1.82) is 0 Å². The van der Waals surface area contributed by atoms with Gasteiger partial charge < -0.3 is 10.1 Å². The normalized spacial score (nSPS) is 18.5. The molecule has 0 spiro atoms. The minimum Gasteiger partial charge on any atom is -0.444 e. The fourth-order valence-corrected chi connectivity index (χ4v) is 5.30. The van der Waals surface area contributed by atoms with Crippen molar-refractivity contribution in [3.05, 3.63) is 33.9 Å². The first-order chi connectivity index (χ1) is 12.9. The molecule has 0 bridgehead atoms. The van der Waals surface area contributed by atoms with Gasteiger partial charge in [-0.2, -0.15) is 4.31 Å². The average Bonchev–Trinajstić information content (AvgIpc) is 2.58. The lowest BCUT2D eigenvalue weighted by Gasteiger charge is -2.35. The smallest absolute Gasteiger partial charge is 0.407 e. The first kappa shape index (κ1) is 22.1. The Morgan fingerprint density at radius 3 is 2.64 bits per heavy atom. The fourth-order valence-electron chi connectivity index (χ4n) is 3.24. The number of aryl methyl sites for hydroxylation is 1. The highest BCUT2D eigenvalue weighted by Gasteiger charge is 2.38. The average molecular weight is 413 g/mol. The summed E-state index contributed by atoms with van der Waals surface area (Å²) < 4.78 is 33.1. The highest BCUT2D eigenvalue weighted by atomic mass is 32.2. The van der Waals surface area contributed by atoms with Gasteiger partial charge in [-0.3, -0.25) is 10.1 Å². The molecule has 1 unspecified atom stereocenters. The number of piperidine rings is 1. The van der Waals surface area contributed by atoms with Gasteiger partial charge in [0.05, 0.1) is 4.92 Å². The van der Waals surface area contributed by atoms with Crippen LogP contribution in [0, 0.1) is 17.0 Å². The third kappa shape index (κ3) is 5.20. The van der Waals surface area contributed by atoms with Crippen LogP contribution < -0.4 is 5.32 Å². The summed E-state index contributed by atoms with van der Waals surface area (Å²) in [7, 11) is -4.10. The van der Waals surface area contributed by atoms with Crippen LogP contribution in [0.5, 0.6) is 0 Å². The summed E-state index contributed by atoms with van der Waals surface area (Å²) >= 11 is 0. The van der Waals surface area contributed by atoms with Gasteiger partial charge in [-0.15, -0.1) is 0 Å². The molecule has 10 heteroatoms. The Labute approximate surface area is 165 Å². The van der Waals surface area contributed by atoms with E-state index in [0.29, 0.717) is 18.4 Å². The Kier molecular flexibility index (Phi) is 6.66. The number of amides is 1. The summed E-state index contributed by atoms with van der Waals surface area (Å²) in [4.78, 5) is 22.3. The molecule has 1 heterocycles. The van der Waals surface area contributed by atoms with Crippen molar-refractivity contribution in [3.8, 4) is 0 Å². The molecule has 1 aromatic rings. The molecule has 0 aliphatic carbocycles. The molecule has 1 fully saturated rings. The molecule has 1 saturated heterocycles. The van der Waals surface area contributed by atoms with E-state index in [1.807, 2.05) is 0 Å². The zero-order chi connectivity index (χ0) is 21.1. The van der Waals surface area contributed by atoms with E-state index in [4.69, 9.17) is 4.74 Å². The van der Waals surface area contributed by atoms with Crippen LogP contribution in [0.15, 0.2) is 23.1 Å². The molecule has 1 atom stereocenters. The van der Waals surface area contributed by atoms with Crippen molar-refractivity contribution in [2.75, 3.05) is 13.1 Å². The number of rotatable bonds is 5. The van der Waals surface area contributed by atoms with Gasteiger partial charge in [0.2, 0.25) is 10.0 Å². The van der Waals surface area contributed by atoms with Crippen LogP contribution in [0.2, 0.25) is 0 Å². The highest BCUT2D eigenvalue weighted by Crippen LogP contribution is 2.33. The number of nitrogens with one attached hydrogen (secondary N) is 1. The Hall–Kier alpha value is -2.20. The van der Waals surface area contributed by atoms with E-state index in [1.54, 1.807) is 20.8 Å². The molecule has 0 radical (unpaired) electrons. The Balaban J connectivity index is 2.28. The molecule has 1 aliphatic rings. The SMILES string of the molecule is Cc1cccc([N+](=O)[O-])c1S(=O)(=O)N1CCCCC1CNC(=O)OC(C)(C)C. The van der Waals surface area contributed by atoms with E-state index < -0.39 is 38.4 Å². The second-order valence-corrected chi connectivity index (χ2v) is 9.66. The molecular weight excluding hydrogens is 386 g/mol. The lowest BCUT2D eigenvalue weighted by molar-refractivity contribution is -0.387. The summed E-state index contributed by atoms with van der Waals surface area (Å²) in [5, 5.41) is 14.0. The van der Waals surface area contributed by atoms with Gasteiger partial charge in [0.25, 0.3) is 5.69 Å². The van der Waals surface area contributed by atoms with Gasteiger partial charge in [0.15, 0.2) is 4.90 Å². The second-order valence-electron chi connectivity index (χ2n) is 7.83. The second kappa shape index (κ2) is 8.44. The molecule has 1 aromatic carbocycles. The molecule has 1 aliphatic heterocycles. The standard InChI is InChI=1S/C18H27N3O6S/c1-13-8-7-10-15(21(23)24)16(13)28(25,26)20-11-6-5-9-14(20)12-19-17(22)27-18(2,3)4/h7-8,10,14H,5-6,9,11-12H2,1-4H3,(H,19,22). The first-order valence-electron chi connectivity index (χ1n) is 9.16. The molecular formula is C18H27N3O6S. The van der Waals surface area contributed by atoms with E-state index in [-0.39, 0.29) is 18.0 Å². The van der Waals surface area contributed by atoms with Crippen LogP contribution in [-0.4, -0.2) is 48.5 Å². The van der Waals surface area contributed by atoms with E-state index in [2.05, 4.69) is 5.32 Å². The van der Waals surface area contributed by atoms with Crippen LogP contribution in [0.1, 0.15) is 45.6 Å². The Morgan fingerprint density at radius 1 is 1.36 bits per heavy atom. The molecule has 2 rings (SSSR count). The van der Waals surface area contributed by atoms with Gasteiger partial charge in [0.1, 0.15) is 5.60 Å². The number of nitrogens with zero attached hydrogens (tertiary/aromatic N) is 2. The van der Waals surface area contributed by atoms with E-state index in [1.165, 1.54) is 29.4 Å². The number of hydrogen-bond donors (Lipinski definition) is 1. The zero-order valence-electron chi connectivity index (χ0n) is 16.6. The number of ether oxygens (including phenoxy) is 1. The number of carbonyl (C=O) groups excluding carboxylic acids is 1. The predicted molar refractivity (Wildman–Crippen MR) is 104 cm³/mol. The topological polar surface area (TPSA) is 119 Å². The van der Waals surface area contributed by atoms with E-state index in [0.717, 1.165) is 6.42 Å². The number of hydrogen-bond acceptors (Lipinski definition) is 6. The van der Waals surface area contributed by atoms with Gasteiger partial charge in [-0.25, -0.2) is 13.2 Å². The summed E-state index contributed by atoms with van der Waals surface area (Å²) in [6.07, 6.45) is 1.39. The maximum atomic E-state index is 13.3. The third-order valence-electron chi connectivity index (χ3n) is 4.41.